The molecule has 136 valence electrons. The zero-order valence-electron chi connectivity index (χ0n) is 14.6. The molecule has 3 rings (SSSR count). The summed E-state index contributed by atoms with van der Waals surface area (Å²) in [5.41, 5.74) is 13.4. The van der Waals surface area contributed by atoms with Crippen molar-refractivity contribution in [1.29, 1.82) is 10.5 Å². The fourth-order valence-electron chi connectivity index (χ4n) is 2.81. The van der Waals surface area contributed by atoms with Crippen molar-refractivity contribution < 1.29 is 9.47 Å². The molecule has 10 nitrogen and oxygen atoms in total. The van der Waals surface area contributed by atoms with Gasteiger partial charge in [0.05, 0.1) is 19.9 Å². The zero-order chi connectivity index (χ0) is 19.6. The number of nitrogens with zero attached hydrogens (tertiary/aromatic N) is 4. The van der Waals surface area contributed by atoms with Crippen molar-refractivity contribution in [2.24, 2.45) is 4.99 Å². The molecule has 1 aliphatic heterocycles. The van der Waals surface area contributed by atoms with E-state index in [4.69, 9.17) is 26.2 Å². The summed E-state index contributed by atoms with van der Waals surface area (Å²) in [5, 5.41) is 23.6. The summed E-state index contributed by atoms with van der Waals surface area (Å²) >= 11 is 0. The second-order valence-corrected chi connectivity index (χ2v) is 5.55. The quantitative estimate of drug-likeness (QED) is 0.460. The first-order valence-corrected chi connectivity index (χ1v) is 7.74. The van der Waals surface area contributed by atoms with E-state index in [-0.39, 0.29) is 23.0 Å². The largest absolute Gasteiger partial charge is 0.497 e. The van der Waals surface area contributed by atoms with Gasteiger partial charge < -0.3 is 26.3 Å². The van der Waals surface area contributed by atoms with Crippen LogP contribution in [0.4, 0.5) is 17.3 Å². The van der Waals surface area contributed by atoms with E-state index >= 15 is 0 Å². The highest BCUT2D eigenvalue weighted by Gasteiger charge is 2.30. The number of hydrogen-bond acceptors (Lipinski definition) is 10. The fraction of sp³-hybridized carbons (Fsp3) is 0.176. The molecule has 0 spiro atoms. The van der Waals surface area contributed by atoms with Gasteiger partial charge in [-0.3, -0.25) is 5.32 Å². The van der Waals surface area contributed by atoms with Crippen LogP contribution in [0.15, 0.2) is 23.2 Å². The number of pyridine rings is 1. The number of aliphatic imine (C=N–C) groups is 1. The summed E-state index contributed by atoms with van der Waals surface area (Å²) in [5.74, 6) is 1.58. The van der Waals surface area contributed by atoms with Gasteiger partial charge in [-0.05, 0) is 17.7 Å². The Balaban J connectivity index is 2.27. The third kappa shape index (κ3) is 3.07. The molecule has 1 unspecified atom stereocenters. The molecule has 0 bridgehead atoms. The Hall–Kier alpha value is -4.18. The van der Waals surface area contributed by atoms with Gasteiger partial charge in [0.15, 0.2) is 6.19 Å². The minimum atomic E-state index is -0.665. The van der Waals surface area contributed by atoms with Crippen LogP contribution >= 0.6 is 0 Å². The molecule has 2 heterocycles. The average Bonchev–Trinajstić information content (AvgIpc) is 2.67. The van der Waals surface area contributed by atoms with Crippen LogP contribution in [0.5, 0.6) is 11.5 Å². The number of benzene rings is 1. The molecule has 6 N–H and O–H groups in total. The maximum atomic E-state index is 9.36. The number of fused-ring (bicyclic) bond motifs is 1. The van der Waals surface area contributed by atoms with E-state index in [1.54, 1.807) is 24.4 Å². The summed E-state index contributed by atoms with van der Waals surface area (Å²) in [6.07, 6.45) is 1.80. The average molecular weight is 364 g/mol. The van der Waals surface area contributed by atoms with Crippen molar-refractivity contribution in [3.8, 4) is 23.8 Å². The van der Waals surface area contributed by atoms with Gasteiger partial charge in [0.2, 0.25) is 5.96 Å². The lowest BCUT2D eigenvalue weighted by atomic mass is 9.95. The molecule has 0 fully saturated rings. The molecule has 1 aromatic carbocycles. The highest BCUT2D eigenvalue weighted by atomic mass is 16.5. The molecular formula is C17H16N8O2. The smallest absolute Gasteiger partial charge is 0.211 e. The maximum absolute atomic E-state index is 9.36. The Morgan fingerprint density at radius 2 is 1.81 bits per heavy atom. The number of guanidine groups is 1. The van der Waals surface area contributed by atoms with Crippen molar-refractivity contribution in [3.05, 3.63) is 34.9 Å². The fourth-order valence-corrected chi connectivity index (χ4v) is 2.81. The molecule has 0 amide bonds. The maximum Gasteiger partial charge on any atom is 0.211 e. The molecule has 0 saturated carbocycles. The Morgan fingerprint density at radius 1 is 1.15 bits per heavy atom. The summed E-state index contributed by atoms with van der Waals surface area (Å²) in [6, 6.07) is 6.54. The Labute approximate surface area is 155 Å². The Bertz CT molecular complexity index is 997. The number of aromatic nitrogens is 1. The number of rotatable bonds is 3. The first kappa shape index (κ1) is 17.6. The van der Waals surface area contributed by atoms with Crippen LogP contribution < -0.4 is 31.6 Å². The molecule has 0 radical (unpaired) electrons. The highest BCUT2D eigenvalue weighted by molar-refractivity contribution is 5.98. The monoisotopic (exact) mass is 364 g/mol. The molecule has 1 aliphatic rings. The molecule has 0 saturated heterocycles. The first-order valence-electron chi connectivity index (χ1n) is 7.74. The number of nitrogens with one attached hydrogen (secondary N) is 2. The van der Waals surface area contributed by atoms with Crippen LogP contribution in [0.1, 0.15) is 22.7 Å². The lowest BCUT2D eigenvalue weighted by molar-refractivity contribution is 0.393. The normalized spacial score (nSPS) is 14.7. The van der Waals surface area contributed by atoms with Gasteiger partial charge >= 0.3 is 0 Å². The summed E-state index contributed by atoms with van der Waals surface area (Å²) in [4.78, 5) is 8.70. The van der Waals surface area contributed by atoms with E-state index in [9.17, 15) is 5.26 Å². The number of ether oxygens (including phenoxy) is 2. The predicted octanol–water partition coefficient (Wildman–Crippen LogP) is 1.08. The summed E-state index contributed by atoms with van der Waals surface area (Å²) < 4.78 is 10.6. The van der Waals surface area contributed by atoms with Gasteiger partial charge in [0.1, 0.15) is 40.8 Å². The van der Waals surface area contributed by atoms with Gasteiger partial charge in [0, 0.05) is 11.6 Å². The van der Waals surface area contributed by atoms with Gasteiger partial charge in [-0.15, -0.1) is 0 Å². The molecule has 1 aromatic heterocycles. The van der Waals surface area contributed by atoms with Crippen molar-refractivity contribution in [2.75, 3.05) is 31.0 Å². The van der Waals surface area contributed by atoms with Crippen LogP contribution in [0.25, 0.3) is 0 Å². The SMILES string of the molecule is COc1cc(OC)cc(C2N=C(NC#N)Nc3nc(N)c(C#N)c(N)c32)c1. The molecule has 10 heteroatoms. The first-order chi connectivity index (χ1) is 13.0. The molecule has 2 aromatic rings. The van der Waals surface area contributed by atoms with E-state index < -0.39 is 6.04 Å². The van der Waals surface area contributed by atoms with Gasteiger partial charge in [-0.25, -0.2) is 9.98 Å². The van der Waals surface area contributed by atoms with Crippen molar-refractivity contribution in [1.82, 2.24) is 10.3 Å². The molecule has 27 heavy (non-hydrogen) atoms. The number of hydrogen-bond donors (Lipinski definition) is 4. The summed E-state index contributed by atoms with van der Waals surface area (Å²) in [6.45, 7) is 0. The van der Waals surface area contributed by atoms with Crippen molar-refractivity contribution >= 4 is 23.3 Å². The van der Waals surface area contributed by atoms with Crippen LogP contribution in [-0.4, -0.2) is 25.2 Å². The Kier molecular flexibility index (Phi) is 4.56. The summed E-state index contributed by atoms with van der Waals surface area (Å²) in [7, 11) is 3.07. The van der Waals surface area contributed by atoms with Crippen LogP contribution in [0, 0.1) is 22.8 Å². The number of anilines is 3. The van der Waals surface area contributed by atoms with E-state index in [0.29, 0.717) is 28.4 Å². The van der Waals surface area contributed by atoms with Crippen molar-refractivity contribution in [3.63, 3.8) is 0 Å². The standard InChI is InChI=1S/C17H16N8O2/c1-26-9-3-8(4-10(5-9)27-2)14-12-13(20)11(6-18)15(21)24-16(12)25-17(23-14)22-7-19/h3-5,14H,1-2H3,(H6,20,21,22,23,24,25). The topological polar surface area (TPSA) is 167 Å². The van der Waals surface area contributed by atoms with Crippen LogP contribution in [0.2, 0.25) is 0 Å². The predicted molar refractivity (Wildman–Crippen MR) is 99.0 cm³/mol. The second-order valence-electron chi connectivity index (χ2n) is 5.55. The van der Waals surface area contributed by atoms with E-state index in [1.165, 1.54) is 14.2 Å². The van der Waals surface area contributed by atoms with Crippen LogP contribution in [-0.2, 0) is 0 Å². The number of nitrogen functional groups attached to an aromatic ring is 2. The number of nitrogens with two attached hydrogens (primary N) is 2. The lowest BCUT2D eigenvalue weighted by Crippen LogP contribution is -2.32. The van der Waals surface area contributed by atoms with Crippen LogP contribution in [0.3, 0.4) is 0 Å². The van der Waals surface area contributed by atoms with Gasteiger partial charge in [0.25, 0.3) is 0 Å². The highest BCUT2D eigenvalue weighted by Crippen LogP contribution is 2.42. The second kappa shape index (κ2) is 6.98. The van der Waals surface area contributed by atoms with Crippen molar-refractivity contribution in [2.45, 2.75) is 6.04 Å². The van der Waals surface area contributed by atoms with E-state index in [0.717, 1.165) is 0 Å². The number of methoxy groups -OCH3 is 2. The molecule has 1 atom stereocenters. The minimum Gasteiger partial charge on any atom is -0.497 e. The lowest BCUT2D eigenvalue weighted by Gasteiger charge is -2.26. The third-order valence-corrected chi connectivity index (χ3v) is 4.05. The van der Waals surface area contributed by atoms with Gasteiger partial charge in [-0.2, -0.15) is 10.5 Å². The third-order valence-electron chi connectivity index (χ3n) is 4.05. The zero-order valence-corrected chi connectivity index (χ0v) is 14.6. The molecule has 0 aliphatic carbocycles. The van der Waals surface area contributed by atoms with E-state index in [1.807, 2.05) is 6.07 Å². The Morgan fingerprint density at radius 3 is 2.37 bits per heavy atom. The van der Waals surface area contributed by atoms with E-state index in [2.05, 4.69) is 20.6 Å². The molecular weight excluding hydrogens is 348 g/mol. The van der Waals surface area contributed by atoms with Gasteiger partial charge in [-0.1, -0.05) is 0 Å². The number of nitriles is 2. The minimum absolute atomic E-state index is 0.0126.